The predicted octanol–water partition coefficient (Wildman–Crippen LogP) is 2.02. The molecular weight excluding hydrogens is 451 g/mol. The molecule has 1 fully saturated rings. The maximum atomic E-state index is 12.2. The van der Waals surface area contributed by atoms with E-state index in [1.807, 2.05) is 58.0 Å². The zero-order chi connectivity index (χ0) is 25.6. The van der Waals surface area contributed by atoms with Gasteiger partial charge in [-0.3, -0.25) is 4.79 Å². The number of amides is 2. The SMILES string of the molecule is CC1(C)OB(c2ccc(C[C@H](NC(=O)CNC(=O)OCc3ccccc3)C(=O)O)cc2)OC1(C)C. The van der Waals surface area contributed by atoms with Gasteiger partial charge in [-0.15, -0.1) is 0 Å². The molecule has 3 rings (SSSR count). The molecule has 0 radical (unpaired) electrons. The van der Waals surface area contributed by atoms with E-state index >= 15 is 0 Å². The normalized spacial score (nSPS) is 16.9. The zero-order valence-corrected chi connectivity index (χ0v) is 20.4. The van der Waals surface area contributed by atoms with Crippen LogP contribution in [0.4, 0.5) is 4.79 Å². The topological polar surface area (TPSA) is 123 Å². The molecule has 2 aromatic rings. The van der Waals surface area contributed by atoms with Crippen LogP contribution in [-0.2, 0) is 36.7 Å². The van der Waals surface area contributed by atoms with Crippen LogP contribution in [-0.4, -0.2) is 54.0 Å². The van der Waals surface area contributed by atoms with Crippen molar-refractivity contribution >= 4 is 30.6 Å². The highest BCUT2D eigenvalue weighted by molar-refractivity contribution is 6.62. The summed E-state index contributed by atoms with van der Waals surface area (Å²) in [5, 5.41) is 14.3. The first kappa shape index (κ1) is 26.2. The summed E-state index contributed by atoms with van der Waals surface area (Å²) >= 11 is 0. The fourth-order valence-electron chi connectivity index (χ4n) is 3.40. The van der Waals surface area contributed by atoms with Crippen LogP contribution in [0.2, 0.25) is 0 Å². The number of hydrogen-bond donors (Lipinski definition) is 3. The van der Waals surface area contributed by atoms with Gasteiger partial charge < -0.3 is 29.8 Å². The molecule has 0 aromatic heterocycles. The van der Waals surface area contributed by atoms with Gasteiger partial charge >= 0.3 is 19.2 Å². The minimum Gasteiger partial charge on any atom is -0.480 e. The quantitative estimate of drug-likeness (QED) is 0.468. The van der Waals surface area contributed by atoms with Crippen molar-refractivity contribution in [1.82, 2.24) is 10.6 Å². The van der Waals surface area contributed by atoms with Gasteiger partial charge in [0.15, 0.2) is 0 Å². The highest BCUT2D eigenvalue weighted by atomic mass is 16.7. The molecule has 3 N–H and O–H groups in total. The van der Waals surface area contributed by atoms with Crippen LogP contribution < -0.4 is 16.1 Å². The average molecular weight is 482 g/mol. The van der Waals surface area contributed by atoms with Gasteiger partial charge in [0.25, 0.3) is 0 Å². The van der Waals surface area contributed by atoms with Gasteiger partial charge in [0.2, 0.25) is 5.91 Å². The number of carbonyl (C=O) groups is 3. The van der Waals surface area contributed by atoms with Crippen molar-refractivity contribution in [3.8, 4) is 0 Å². The minimum atomic E-state index is -1.18. The van der Waals surface area contributed by atoms with Gasteiger partial charge in [0.05, 0.1) is 11.2 Å². The van der Waals surface area contributed by atoms with E-state index in [4.69, 9.17) is 14.0 Å². The van der Waals surface area contributed by atoms with E-state index in [1.54, 1.807) is 24.3 Å². The van der Waals surface area contributed by atoms with Crippen molar-refractivity contribution in [2.24, 2.45) is 0 Å². The molecule has 186 valence electrons. The van der Waals surface area contributed by atoms with E-state index in [2.05, 4.69) is 10.6 Å². The molecule has 1 atom stereocenters. The summed E-state index contributed by atoms with van der Waals surface area (Å²) in [5.74, 6) is -1.82. The molecule has 35 heavy (non-hydrogen) atoms. The number of carboxylic acid groups (broad SMARTS) is 1. The van der Waals surface area contributed by atoms with E-state index in [-0.39, 0.29) is 13.0 Å². The molecule has 0 unspecified atom stereocenters. The highest BCUT2D eigenvalue weighted by Gasteiger charge is 2.51. The number of rotatable bonds is 9. The second-order valence-corrected chi connectivity index (χ2v) is 9.41. The predicted molar refractivity (Wildman–Crippen MR) is 130 cm³/mol. The Kier molecular flexibility index (Phi) is 8.19. The summed E-state index contributed by atoms with van der Waals surface area (Å²) < 4.78 is 17.1. The van der Waals surface area contributed by atoms with Gasteiger partial charge in [-0.25, -0.2) is 9.59 Å². The van der Waals surface area contributed by atoms with Gasteiger partial charge in [0.1, 0.15) is 19.2 Å². The molecule has 0 aliphatic carbocycles. The standard InChI is InChI=1S/C25H31BN2O7/c1-24(2)25(3,4)35-26(34-24)19-12-10-17(11-13-19)14-20(22(30)31)28-21(29)15-27-23(32)33-16-18-8-6-5-7-9-18/h5-13,20H,14-16H2,1-4H3,(H,27,32)(H,28,29)(H,30,31)/t20-/m0/s1. The monoisotopic (exact) mass is 482 g/mol. The Labute approximate surface area is 205 Å². The van der Waals surface area contributed by atoms with Gasteiger partial charge in [0, 0.05) is 6.42 Å². The number of hydrogen-bond acceptors (Lipinski definition) is 6. The van der Waals surface area contributed by atoms with Crippen LogP contribution in [0.25, 0.3) is 0 Å². The third-order valence-corrected chi connectivity index (χ3v) is 6.18. The summed E-state index contributed by atoms with van der Waals surface area (Å²) in [7, 11) is -0.517. The highest BCUT2D eigenvalue weighted by Crippen LogP contribution is 2.36. The van der Waals surface area contributed by atoms with Crippen molar-refractivity contribution in [3.63, 3.8) is 0 Å². The van der Waals surface area contributed by atoms with Crippen LogP contribution in [0.15, 0.2) is 54.6 Å². The number of aliphatic carboxylic acids is 1. The summed E-state index contributed by atoms with van der Waals surface area (Å²) in [6, 6.07) is 15.1. The lowest BCUT2D eigenvalue weighted by molar-refractivity contribution is -0.141. The van der Waals surface area contributed by atoms with Crippen LogP contribution in [0.3, 0.4) is 0 Å². The molecular formula is C25H31BN2O7. The Morgan fingerprint density at radius 2 is 1.54 bits per heavy atom. The Morgan fingerprint density at radius 1 is 0.943 bits per heavy atom. The molecule has 2 aromatic carbocycles. The van der Waals surface area contributed by atoms with Crippen molar-refractivity contribution < 1.29 is 33.5 Å². The number of alkyl carbamates (subject to hydrolysis) is 1. The van der Waals surface area contributed by atoms with Crippen molar-refractivity contribution in [2.45, 2.75) is 58.0 Å². The summed E-state index contributed by atoms with van der Waals surface area (Å²) in [6.07, 6.45) is -0.697. The van der Waals surface area contributed by atoms with Gasteiger partial charge in [-0.2, -0.15) is 0 Å². The molecule has 2 amide bonds. The number of ether oxygens (including phenoxy) is 1. The average Bonchev–Trinajstić information content (AvgIpc) is 3.03. The molecule has 1 aliphatic rings. The molecule has 0 bridgehead atoms. The van der Waals surface area contributed by atoms with E-state index in [1.165, 1.54) is 0 Å². The molecule has 9 nitrogen and oxygen atoms in total. The Balaban J connectivity index is 1.48. The molecule has 1 heterocycles. The molecule has 1 saturated heterocycles. The lowest BCUT2D eigenvalue weighted by Crippen LogP contribution is -2.46. The Morgan fingerprint density at radius 3 is 2.11 bits per heavy atom. The van der Waals surface area contributed by atoms with E-state index in [9.17, 15) is 19.5 Å². The molecule has 0 saturated carbocycles. The van der Waals surface area contributed by atoms with Crippen LogP contribution in [0.1, 0.15) is 38.8 Å². The zero-order valence-electron chi connectivity index (χ0n) is 20.4. The first-order chi connectivity index (χ1) is 16.5. The first-order valence-electron chi connectivity index (χ1n) is 11.4. The number of nitrogens with one attached hydrogen (secondary N) is 2. The number of carbonyl (C=O) groups excluding carboxylic acids is 2. The third-order valence-electron chi connectivity index (χ3n) is 6.18. The third kappa shape index (κ3) is 7.06. The van der Waals surface area contributed by atoms with Crippen molar-refractivity contribution in [3.05, 3.63) is 65.7 Å². The second kappa shape index (κ2) is 10.9. The lowest BCUT2D eigenvalue weighted by atomic mass is 9.78. The van der Waals surface area contributed by atoms with E-state index in [0.29, 0.717) is 5.56 Å². The molecule has 10 heteroatoms. The van der Waals surface area contributed by atoms with Crippen LogP contribution in [0, 0.1) is 0 Å². The Bertz CT molecular complexity index is 1030. The first-order valence-corrected chi connectivity index (χ1v) is 11.4. The minimum absolute atomic E-state index is 0.0635. The summed E-state index contributed by atoms with van der Waals surface area (Å²) in [4.78, 5) is 35.7. The van der Waals surface area contributed by atoms with E-state index < -0.39 is 48.9 Å². The smallest absolute Gasteiger partial charge is 0.480 e. The molecule has 0 spiro atoms. The molecule has 1 aliphatic heterocycles. The van der Waals surface area contributed by atoms with Crippen molar-refractivity contribution in [1.29, 1.82) is 0 Å². The van der Waals surface area contributed by atoms with Gasteiger partial charge in [-0.1, -0.05) is 54.6 Å². The largest absolute Gasteiger partial charge is 0.494 e. The van der Waals surface area contributed by atoms with E-state index in [0.717, 1.165) is 11.0 Å². The summed E-state index contributed by atoms with van der Waals surface area (Å²) in [6.45, 7) is 7.55. The summed E-state index contributed by atoms with van der Waals surface area (Å²) in [5.41, 5.74) is 1.42. The fourth-order valence-corrected chi connectivity index (χ4v) is 3.40. The second-order valence-electron chi connectivity index (χ2n) is 9.41. The number of benzene rings is 2. The fraction of sp³-hybridized carbons (Fsp3) is 0.400. The maximum absolute atomic E-state index is 12.2. The van der Waals surface area contributed by atoms with Crippen LogP contribution in [0.5, 0.6) is 0 Å². The van der Waals surface area contributed by atoms with Crippen LogP contribution >= 0.6 is 0 Å². The Hall–Kier alpha value is -3.37. The number of carboxylic acids is 1. The lowest BCUT2D eigenvalue weighted by Gasteiger charge is -2.32. The van der Waals surface area contributed by atoms with Gasteiger partial charge in [-0.05, 0) is 44.3 Å². The maximum Gasteiger partial charge on any atom is 0.494 e. The van der Waals surface area contributed by atoms with Crippen molar-refractivity contribution in [2.75, 3.05) is 6.54 Å².